The van der Waals surface area contributed by atoms with Crippen molar-refractivity contribution in [3.05, 3.63) is 46.0 Å². The molecule has 2 aliphatic heterocycles. The highest BCUT2D eigenvalue weighted by Gasteiger charge is 2.45. The molecule has 1 aliphatic carbocycles. The second kappa shape index (κ2) is 7.24. The number of nitrogens with zero attached hydrogens (tertiary/aromatic N) is 2. The Balaban J connectivity index is 1.36. The van der Waals surface area contributed by atoms with E-state index < -0.39 is 29.7 Å². The number of imide groups is 2. The lowest BCUT2D eigenvalue weighted by molar-refractivity contribution is -0.136. The van der Waals surface area contributed by atoms with Crippen molar-refractivity contribution in [2.75, 3.05) is 5.32 Å². The normalized spacial score (nSPS) is 22.2. The van der Waals surface area contributed by atoms with E-state index in [4.69, 9.17) is 5.73 Å². The predicted octanol–water partition coefficient (Wildman–Crippen LogP) is 1.49. The number of benzene rings is 1. The number of hydrogen-bond acceptors (Lipinski definition) is 8. The molecule has 0 bridgehead atoms. The number of carbonyl (C=O) groups is 4. The summed E-state index contributed by atoms with van der Waals surface area (Å²) < 4.78 is 0. The van der Waals surface area contributed by atoms with Gasteiger partial charge in [-0.1, -0.05) is 12.1 Å². The van der Waals surface area contributed by atoms with Crippen LogP contribution in [0.2, 0.25) is 0 Å². The first-order chi connectivity index (χ1) is 14.9. The van der Waals surface area contributed by atoms with Crippen molar-refractivity contribution in [1.82, 2.24) is 15.2 Å². The van der Waals surface area contributed by atoms with Crippen LogP contribution in [0.15, 0.2) is 23.6 Å². The van der Waals surface area contributed by atoms with Gasteiger partial charge in [-0.25, -0.2) is 4.98 Å². The van der Waals surface area contributed by atoms with Crippen LogP contribution in [0.3, 0.4) is 0 Å². The highest BCUT2D eigenvalue weighted by molar-refractivity contribution is 7.13. The summed E-state index contributed by atoms with van der Waals surface area (Å²) in [5.41, 5.74) is 8.07. The molecule has 2 fully saturated rings. The van der Waals surface area contributed by atoms with Gasteiger partial charge in [0.2, 0.25) is 11.8 Å². The van der Waals surface area contributed by atoms with Gasteiger partial charge < -0.3 is 11.1 Å². The number of fused-ring (bicyclic) bond motifs is 1. The molecule has 0 radical (unpaired) electrons. The molecule has 4 amide bonds. The van der Waals surface area contributed by atoms with Gasteiger partial charge in [0.15, 0.2) is 5.13 Å². The summed E-state index contributed by atoms with van der Waals surface area (Å²) in [5, 5.41) is 8.08. The third-order valence-electron chi connectivity index (χ3n) is 6.24. The number of rotatable bonds is 5. The molecule has 1 atom stereocenters. The van der Waals surface area contributed by atoms with E-state index in [2.05, 4.69) is 15.6 Å². The predicted molar refractivity (Wildman–Crippen MR) is 112 cm³/mol. The van der Waals surface area contributed by atoms with Gasteiger partial charge in [-0.15, -0.1) is 11.3 Å². The Hall–Kier alpha value is -3.11. The molecule has 1 unspecified atom stereocenters. The maximum absolute atomic E-state index is 13.1. The average molecular weight is 439 g/mol. The minimum Gasteiger partial charge on any atom is -0.357 e. The fraction of sp³-hybridized carbons (Fsp3) is 0.381. The Bertz CT molecular complexity index is 1120. The fourth-order valence-electron chi connectivity index (χ4n) is 4.30. The van der Waals surface area contributed by atoms with Crippen LogP contribution < -0.4 is 16.4 Å². The second-order valence-corrected chi connectivity index (χ2v) is 9.05. The molecule has 5 rings (SSSR count). The van der Waals surface area contributed by atoms with E-state index in [0.29, 0.717) is 17.2 Å². The first kappa shape index (κ1) is 19.8. The van der Waals surface area contributed by atoms with Crippen LogP contribution in [0.25, 0.3) is 0 Å². The third-order valence-corrected chi connectivity index (χ3v) is 7.04. The molecule has 10 heteroatoms. The molecule has 1 aromatic carbocycles. The molecular weight excluding hydrogens is 418 g/mol. The maximum atomic E-state index is 13.1. The molecule has 3 aliphatic rings. The van der Waals surface area contributed by atoms with Crippen molar-refractivity contribution < 1.29 is 19.2 Å². The molecule has 1 saturated heterocycles. The number of nitrogens with two attached hydrogens (primary N) is 1. The zero-order valence-corrected chi connectivity index (χ0v) is 17.5. The largest absolute Gasteiger partial charge is 0.357 e. The Morgan fingerprint density at radius 1 is 1.23 bits per heavy atom. The van der Waals surface area contributed by atoms with Crippen LogP contribution in [0.1, 0.15) is 64.1 Å². The zero-order valence-electron chi connectivity index (χ0n) is 16.6. The summed E-state index contributed by atoms with van der Waals surface area (Å²) in [6, 6.07) is 4.10. The summed E-state index contributed by atoms with van der Waals surface area (Å²) in [5.74, 6) is -2.04. The van der Waals surface area contributed by atoms with Gasteiger partial charge in [-0.2, -0.15) is 0 Å². The summed E-state index contributed by atoms with van der Waals surface area (Å²) in [6.07, 6.45) is 3.18. The van der Waals surface area contributed by atoms with Crippen LogP contribution in [0.5, 0.6) is 0 Å². The number of piperidine rings is 1. The van der Waals surface area contributed by atoms with Crippen molar-refractivity contribution in [3.63, 3.8) is 0 Å². The summed E-state index contributed by atoms with van der Waals surface area (Å²) in [6.45, 7) is 0.301. The smallest absolute Gasteiger partial charge is 0.262 e. The van der Waals surface area contributed by atoms with Crippen LogP contribution in [-0.4, -0.2) is 39.6 Å². The van der Waals surface area contributed by atoms with Crippen LogP contribution in [0.4, 0.5) is 5.13 Å². The molecule has 1 aromatic heterocycles. The Labute approximate surface area is 182 Å². The van der Waals surface area contributed by atoms with Crippen LogP contribution >= 0.6 is 11.3 Å². The molecule has 9 nitrogen and oxygen atoms in total. The lowest BCUT2D eigenvalue weighted by Gasteiger charge is -2.36. The van der Waals surface area contributed by atoms with E-state index in [9.17, 15) is 19.2 Å². The lowest BCUT2D eigenvalue weighted by atomic mass is 9.76. The number of anilines is 1. The summed E-state index contributed by atoms with van der Waals surface area (Å²) in [7, 11) is 0. The van der Waals surface area contributed by atoms with Crippen molar-refractivity contribution in [2.24, 2.45) is 5.73 Å². The highest BCUT2D eigenvalue weighted by Crippen LogP contribution is 2.39. The van der Waals surface area contributed by atoms with Gasteiger partial charge >= 0.3 is 0 Å². The number of carbonyl (C=O) groups excluding carboxylic acids is 4. The van der Waals surface area contributed by atoms with Gasteiger partial charge in [0.1, 0.15) is 6.04 Å². The molecule has 0 spiro atoms. The number of amides is 4. The number of thiazole rings is 1. The highest BCUT2D eigenvalue weighted by atomic mass is 32.1. The van der Waals surface area contributed by atoms with Crippen LogP contribution in [-0.2, 0) is 21.7 Å². The quantitative estimate of drug-likeness (QED) is 0.601. The van der Waals surface area contributed by atoms with Crippen molar-refractivity contribution in [1.29, 1.82) is 0 Å². The molecule has 3 heterocycles. The van der Waals surface area contributed by atoms with Crippen molar-refractivity contribution in [3.8, 4) is 0 Å². The molecule has 1 saturated carbocycles. The second-order valence-electron chi connectivity index (χ2n) is 8.19. The van der Waals surface area contributed by atoms with Crippen molar-refractivity contribution >= 4 is 40.1 Å². The monoisotopic (exact) mass is 439 g/mol. The van der Waals surface area contributed by atoms with E-state index in [0.717, 1.165) is 29.9 Å². The third kappa shape index (κ3) is 3.22. The minimum absolute atomic E-state index is 0.0905. The molecule has 2 aromatic rings. The minimum atomic E-state index is -0.976. The van der Waals surface area contributed by atoms with E-state index in [1.807, 2.05) is 5.38 Å². The first-order valence-corrected chi connectivity index (χ1v) is 11.1. The fourth-order valence-corrected chi connectivity index (χ4v) is 5.12. The maximum Gasteiger partial charge on any atom is 0.262 e. The lowest BCUT2D eigenvalue weighted by Crippen LogP contribution is -2.54. The summed E-state index contributed by atoms with van der Waals surface area (Å²) in [4.78, 5) is 55.3. The molecular formula is C21H21N5O4S. The Morgan fingerprint density at radius 3 is 2.74 bits per heavy atom. The zero-order chi connectivity index (χ0) is 21.8. The topological polar surface area (TPSA) is 134 Å². The molecule has 31 heavy (non-hydrogen) atoms. The molecule has 4 N–H and O–H groups in total. The van der Waals surface area contributed by atoms with Gasteiger partial charge in [0, 0.05) is 18.3 Å². The Morgan fingerprint density at radius 2 is 2.03 bits per heavy atom. The SMILES string of the molecule is NC1(c2csc(NCc3cccc4c3C(=O)N(C3CCC(=O)NC3=O)C4=O)n2)CCC1. The van der Waals surface area contributed by atoms with Crippen LogP contribution in [0, 0.1) is 0 Å². The van der Waals surface area contributed by atoms with Crippen molar-refractivity contribution in [2.45, 2.75) is 50.2 Å². The summed E-state index contributed by atoms with van der Waals surface area (Å²) >= 11 is 1.45. The number of aromatic nitrogens is 1. The Kier molecular flexibility index (Phi) is 4.63. The standard InChI is InChI=1S/C21H21N5O4S/c22-21(7-2-8-21)14-10-31-20(24-14)23-9-11-3-1-4-12-16(11)19(30)26(18(12)29)13-5-6-15(27)25-17(13)28/h1,3-4,10,13H,2,5-9,22H2,(H,23,24)(H,25,27,28). The van der Waals surface area contributed by atoms with Gasteiger partial charge in [0.05, 0.1) is 22.4 Å². The van der Waals surface area contributed by atoms with Gasteiger partial charge in [0.25, 0.3) is 11.8 Å². The first-order valence-electron chi connectivity index (χ1n) is 10.2. The van der Waals surface area contributed by atoms with Gasteiger partial charge in [-0.3, -0.25) is 29.4 Å². The van der Waals surface area contributed by atoms with E-state index in [1.165, 1.54) is 11.3 Å². The average Bonchev–Trinajstić information content (AvgIpc) is 3.29. The van der Waals surface area contributed by atoms with E-state index in [1.54, 1.807) is 18.2 Å². The number of nitrogens with one attached hydrogen (secondary N) is 2. The van der Waals surface area contributed by atoms with Gasteiger partial charge in [-0.05, 0) is 37.3 Å². The molecule has 160 valence electrons. The number of hydrogen-bond donors (Lipinski definition) is 3. The van der Waals surface area contributed by atoms with E-state index >= 15 is 0 Å². The van der Waals surface area contributed by atoms with E-state index in [-0.39, 0.29) is 29.5 Å².